The van der Waals surface area contributed by atoms with Crippen LogP contribution in [0.5, 0.6) is 0 Å². The van der Waals surface area contributed by atoms with Gasteiger partial charge in [-0.3, -0.25) is 24.1 Å². The maximum atomic E-state index is 16.2. The number of hydrogen-bond acceptors (Lipinski definition) is 7. The third-order valence-corrected chi connectivity index (χ3v) is 12.9. The minimum atomic E-state index is -3.46. The molecule has 3 saturated heterocycles. The molecule has 0 radical (unpaired) electrons. The topological polar surface area (TPSA) is 117 Å². The van der Waals surface area contributed by atoms with Gasteiger partial charge in [0.2, 0.25) is 20.2 Å². The normalized spacial score (nSPS) is 29.0. The molecule has 46 heavy (non-hydrogen) atoms. The zero-order valence-electron chi connectivity index (χ0n) is 26.4. The van der Waals surface area contributed by atoms with Gasteiger partial charge in [-0.05, 0) is 61.8 Å². The lowest BCUT2D eigenvalue weighted by atomic mass is 9.82. The molecule has 4 aliphatic rings. The number of β-lactam (4-membered cyclic amide) rings is 1. The van der Waals surface area contributed by atoms with Gasteiger partial charge in [0.1, 0.15) is 0 Å². The molecule has 0 aromatic heterocycles. The van der Waals surface area contributed by atoms with Crippen LogP contribution in [0.2, 0.25) is 18.6 Å². The van der Waals surface area contributed by atoms with E-state index in [9.17, 15) is 24.3 Å². The average molecular weight is 717 g/mol. The van der Waals surface area contributed by atoms with Crippen LogP contribution in [0.3, 0.4) is 0 Å². The van der Waals surface area contributed by atoms with Gasteiger partial charge in [-0.1, -0.05) is 35.0 Å². The number of aliphatic hydroxyl groups is 1. The van der Waals surface area contributed by atoms with E-state index in [4.69, 9.17) is 9.47 Å². The molecule has 4 aliphatic heterocycles. The molecule has 0 bridgehead atoms. The first kappa shape index (κ1) is 32.8. The number of rotatable bonds is 8. The minimum Gasteiger partial charge on any atom is -0.441 e. The molecular formula is C33H39BrFN3O7Si. The Hall–Kier alpha value is -3.13. The summed E-state index contributed by atoms with van der Waals surface area (Å²) in [6.07, 6.45) is 0.142. The Morgan fingerprint density at radius 2 is 1.89 bits per heavy atom. The Balaban J connectivity index is 1.30. The highest BCUT2D eigenvalue weighted by molar-refractivity contribution is 9.10. The van der Waals surface area contributed by atoms with Gasteiger partial charge in [0, 0.05) is 40.7 Å². The van der Waals surface area contributed by atoms with Crippen LogP contribution in [0.4, 0.5) is 15.5 Å². The van der Waals surface area contributed by atoms with Gasteiger partial charge in [0.05, 0.1) is 43.8 Å². The molecule has 2 aromatic rings. The largest absolute Gasteiger partial charge is 0.441 e. The monoisotopic (exact) mass is 715 g/mol. The van der Waals surface area contributed by atoms with E-state index in [0.717, 1.165) is 22.9 Å². The van der Waals surface area contributed by atoms with Crippen LogP contribution in [0.25, 0.3) is 0 Å². The predicted octanol–water partition coefficient (Wildman–Crippen LogP) is 4.77. The van der Waals surface area contributed by atoms with Crippen molar-refractivity contribution in [3.05, 3.63) is 58.1 Å². The van der Waals surface area contributed by atoms with Crippen molar-refractivity contribution in [2.75, 3.05) is 23.0 Å². The van der Waals surface area contributed by atoms with Crippen LogP contribution < -0.4 is 9.80 Å². The van der Waals surface area contributed by atoms with Gasteiger partial charge in [0.25, 0.3) is 5.91 Å². The molecule has 1 unspecified atom stereocenters. The number of anilines is 2. The standard InChI is InChI=1S/C33H39BrFN3O7Si/c1-19-31(46(3,4)35)27(15-28(41)36-13-5-6-24(36)18-39)45-33(19)25-14-22(34)9-12-26(25)37(32(33)43)17-21-7-10-23(11-8-21)38-29(42)16-30(38)44-20(2)40/h7-12,14,19,24,27,30-31,39H,5-6,13,15-18H2,1-4H3/t19-,24+,27+,30?,31-,33+/m1/s1. The van der Waals surface area contributed by atoms with E-state index in [0.29, 0.717) is 23.5 Å². The van der Waals surface area contributed by atoms with E-state index in [2.05, 4.69) is 15.9 Å². The summed E-state index contributed by atoms with van der Waals surface area (Å²) in [7, 11) is -3.46. The van der Waals surface area contributed by atoms with Crippen LogP contribution in [0.15, 0.2) is 46.9 Å². The molecule has 246 valence electrons. The van der Waals surface area contributed by atoms with Crippen molar-refractivity contribution in [2.45, 2.75) is 88.7 Å². The van der Waals surface area contributed by atoms with Crippen molar-refractivity contribution in [3.63, 3.8) is 0 Å². The Bertz CT molecular complexity index is 1570. The summed E-state index contributed by atoms with van der Waals surface area (Å²) in [6.45, 7) is 6.99. The van der Waals surface area contributed by atoms with Crippen molar-refractivity contribution in [3.8, 4) is 0 Å². The van der Waals surface area contributed by atoms with E-state index in [1.807, 2.05) is 37.3 Å². The lowest BCUT2D eigenvalue weighted by Gasteiger charge is -2.39. The summed E-state index contributed by atoms with van der Waals surface area (Å²) >= 11 is 3.55. The van der Waals surface area contributed by atoms with Gasteiger partial charge in [-0.2, -0.15) is 0 Å². The quantitative estimate of drug-likeness (QED) is 0.181. The fraction of sp³-hybridized carbons (Fsp3) is 0.515. The van der Waals surface area contributed by atoms with Crippen molar-refractivity contribution >= 4 is 59.4 Å². The molecule has 1 N–H and O–H groups in total. The molecule has 4 heterocycles. The summed E-state index contributed by atoms with van der Waals surface area (Å²) in [5.41, 5.74) is 0.562. The second kappa shape index (κ2) is 12.1. The van der Waals surface area contributed by atoms with E-state index >= 15 is 4.11 Å². The molecule has 6 atom stereocenters. The summed E-state index contributed by atoms with van der Waals surface area (Å²) in [4.78, 5) is 56.6. The summed E-state index contributed by atoms with van der Waals surface area (Å²) in [6, 6.07) is 12.4. The second-order valence-corrected chi connectivity index (χ2v) is 18.0. The molecule has 13 heteroatoms. The first-order valence-corrected chi connectivity index (χ1v) is 19.5. The van der Waals surface area contributed by atoms with Gasteiger partial charge in [0.15, 0.2) is 11.8 Å². The third-order valence-electron chi connectivity index (χ3n) is 9.97. The minimum absolute atomic E-state index is 0.0603. The molecule has 0 aliphatic carbocycles. The summed E-state index contributed by atoms with van der Waals surface area (Å²) in [5, 5.41) is 9.80. The number of nitrogens with zero attached hydrogens (tertiary/aromatic N) is 3. The number of carbonyl (C=O) groups is 4. The van der Waals surface area contributed by atoms with Crippen molar-refractivity contribution in [1.29, 1.82) is 0 Å². The number of hydrogen-bond donors (Lipinski definition) is 1. The van der Waals surface area contributed by atoms with Crippen LogP contribution in [-0.4, -0.2) is 73.6 Å². The second-order valence-electron chi connectivity index (χ2n) is 13.3. The number of esters is 1. The van der Waals surface area contributed by atoms with Crippen molar-refractivity contribution in [2.24, 2.45) is 5.92 Å². The number of amides is 3. The number of carbonyl (C=O) groups excluding carboxylic acids is 4. The highest BCUT2D eigenvalue weighted by Crippen LogP contribution is 2.60. The molecule has 0 saturated carbocycles. The third kappa shape index (κ3) is 5.48. The predicted molar refractivity (Wildman–Crippen MR) is 174 cm³/mol. The number of halogens is 2. The molecule has 3 fully saturated rings. The Morgan fingerprint density at radius 1 is 1.17 bits per heavy atom. The van der Waals surface area contributed by atoms with Gasteiger partial charge >= 0.3 is 5.97 Å². The summed E-state index contributed by atoms with van der Waals surface area (Å²) in [5.74, 6) is -1.67. The fourth-order valence-corrected chi connectivity index (χ4v) is 10.8. The van der Waals surface area contributed by atoms with E-state index < -0.39 is 43.8 Å². The first-order chi connectivity index (χ1) is 21.8. The molecule has 3 amide bonds. The van der Waals surface area contributed by atoms with E-state index in [1.54, 1.807) is 35.0 Å². The number of benzene rings is 2. The van der Waals surface area contributed by atoms with Crippen LogP contribution in [0.1, 0.15) is 50.7 Å². The number of ether oxygens (including phenoxy) is 2. The number of likely N-dealkylation sites (tertiary alicyclic amines) is 1. The molecule has 10 nitrogen and oxygen atoms in total. The van der Waals surface area contributed by atoms with Crippen LogP contribution in [0, 0.1) is 5.92 Å². The van der Waals surface area contributed by atoms with Gasteiger partial charge in [-0.25, -0.2) is 0 Å². The molecular weight excluding hydrogens is 677 g/mol. The highest BCUT2D eigenvalue weighted by Gasteiger charge is 2.67. The SMILES string of the molecule is CC(=O)OC1CC(=O)N1c1ccc(CN2C(=O)[C@@]3(O[C@@H](CC(=O)N4CCC[C@H]4CO)[C@H]([Si](C)(C)F)[C@H]3C)c3cc(Br)ccc32)cc1. The maximum Gasteiger partial charge on any atom is 0.304 e. The van der Waals surface area contributed by atoms with Gasteiger partial charge < -0.3 is 28.5 Å². The zero-order valence-corrected chi connectivity index (χ0v) is 29.0. The number of fused-ring (bicyclic) bond motifs is 2. The number of aliphatic hydroxyl groups excluding tert-OH is 1. The molecule has 1 spiro atoms. The molecule has 2 aromatic carbocycles. The van der Waals surface area contributed by atoms with E-state index in [-0.39, 0.29) is 49.8 Å². The zero-order chi connectivity index (χ0) is 33.1. The van der Waals surface area contributed by atoms with Gasteiger partial charge in [-0.15, -0.1) is 0 Å². The first-order valence-electron chi connectivity index (χ1n) is 15.7. The lowest BCUT2D eigenvalue weighted by Crippen LogP contribution is -2.54. The Labute approximate surface area is 277 Å². The van der Waals surface area contributed by atoms with Crippen LogP contribution >= 0.6 is 15.9 Å². The Kier molecular flexibility index (Phi) is 8.66. The highest BCUT2D eigenvalue weighted by atomic mass is 79.9. The Morgan fingerprint density at radius 3 is 2.52 bits per heavy atom. The van der Waals surface area contributed by atoms with E-state index in [1.165, 1.54) is 11.8 Å². The molecule has 6 rings (SSSR count). The fourth-order valence-electron chi connectivity index (χ4n) is 7.95. The maximum absolute atomic E-state index is 16.2. The lowest BCUT2D eigenvalue weighted by molar-refractivity contribution is -0.154. The van der Waals surface area contributed by atoms with Crippen molar-refractivity contribution in [1.82, 2.24) is 4.90 Å². The van der Waals surface area contributed by atoms with Crippen molar-refractivity contribution < 1.29 is 37.9 Å². The smallest absolute Gasteiger partial charge is 0.304 e. The summed E-state index contributed by atoms with van der Waals surface area (Å²) < 4.78 is 28.9. The average Bonchev–Trinajstić information content (AvgIpc) is 3.64. The van der Waals surface area contributed by atoms with Crippen LogP contribution in [-0.2, 0) is 40.8 Å².